The molecule has 6 nitrogen and oxygen atoms in total. The van der Waals surface area contributed by atoms with E-state index in [-0.39, 0.29) is 11.7 Å². The molecule has 0 amide bonds. The zero-order valence-corrected chi connectivity index (χ0v) is 8.37. The van der Waals surface area contributed by atoms with Crippen LogP contribution in [-0.2, 0) is 0 Å². The topological polar surface area (TPSA) is 76.2 Å². The van der Waals surface area contributed by atoms with Gasteiger partial charge >= 0.3 is 0 Å². The molecule has 2 aromatic rings. The normalized spacial score (nSPS) is 11.8. The molecule has 0 aliphatic heterocycles. The van der Waals surface area contributed by atoms with E-state index in [2.05, 4.69) is 20.7 Å². The maximum atomic E-state index is 12.7. The van der Waals surface area contributed by atoms with Crippen molar-refractivity contribution in [2.45, 2.75) is 6.92 Å². The van der Waals surface area contributed by atoms with Crippen molar-refractivity contribution >= 4 is 5.84 Å². The van der Waals surface area contributed by atoms with E-state index >= 15 is 0 Å². The summed E-state index contributed by atoms with van der Waals surface area (Å²) >= 11 is 0. The second kappa shape index (κ2) is 4.05. The van der Waals surface area contributed by atoms with Gasteiger partial charge in [0.25, 0.3) is 0 Å². The third-order valence-corrected chi connectivity index (χ3v) is 2.02. The fourth-order valence-corrected chi connectivity index (χ4v) is 1.25. The Hall–Kier alpha value is -2.31. The first kappa shape index (κ1) is 10.2. The van der Waals surface area contributed by atoms with E-state index in [9.17, 15) is 4.39 Å². The first-order chi connectivity index (χ1) is 7.72. The molecular formula is C9H8FN5O. The van der Waals surface area contributed by atoms with Crippen molar-refractivity contribution in [1.29, 1.82) is 0 Å². The highest BCUT2D eigenvalue weighted by Gasteiger charge is 2.11. The Balaban J connectivity index is 2.46. The van der Waals surface area contributed by atoms with Gasteiger partial charge in [-0.15, -0.1) is 5.10 Å². The Morgan fingerprint density at radius 2 is 2.06 bits per heavy atom. The SMILES string of the molecule is Cc1nnnn1C(=NO)c1ccc(F)cc1. The van der Waals surface area contributed by atoms with Gasteiger partial charge in [0.15, 0.2) is 5.82 Å². The molecular weight excluding hydrogens is 213 g/mol. The Labute approximate surface area is 90.0 Å². The summed E-state index contributed by atoms with van der Waals surface area (Å²) in [5.74, 6) is 0.245. The Morgan fingerprint density at radius 3 is 2.56 bits per heavy atom. The Bertz CT molecular complexity index is 519. The monoisotopic (exact) mass is 221 g/mol. The molecule has 7 heteroatoms. The summed E-state index contributed by atoms with van der Waals surface area (Å²) in [6.07, 6.45) is 0. The van der Waals surface area contributed by atoms with Crippen molar-refractivity contribution in [3.8, 4) is 0 Å². The second-order valence-electron chi connectivity index (χ2n) is 3.07. The van der Waals surface area contributed by atoms with Crippen LogP contribution in [0.5, 0.6) is 0 Å². The van der Waals surface area contributed by atoms with Gasteiger partial charge in [-0.3, -0.25) is 0 Å². The number of tetrazole rings is 1. The molecule has 1 aromatic heterocycles. The lowest BCUT2D eigenvalue weighted by Gasteiger charge is -2.03. The van der Waals surface area contributed by atoms with E-state index in [0.717, 1.165) is 0 Å². The number of halogens is 1. The number of oxime groups is 1. The lowest BCUT2D eigenvalue weighted by Crippen LogP contribution is -2.17. The summed E-state index contributed by atoms with van der Waals surface area (Å²) in [5.41, 5.74) is 0.513. The molecule has 0 saturated heterocycles. The lowest BCUT2D eigenvalue weighted by molar-refractivity contribution is 0.316. The number of aryl methyl sites for hydroxylation is 1. The van der Waals surface area contributed by atoms with Crippen LogP contribution in [0, 0.1) is 12.7 Å². The highest BCUT2D eigenvalue weighted by atomic mass is 19.1. The molecule has 1 aromatic carbocycles. The van der Waals surface area contributed by atoms with Gasteiger partial charge in [0.2, 0.25) is 5.84 Å². The molecule has 0 bridgehead atoms. The maximum Gasteiger partial charge on any atom is 0.203 e. The largest absolute Gasteiger partial charge is 0.409 e. The van der Waals surface area contributed by atoms with E-state index in [4.69, 9.17) is 5.21 Å². The van der Waals surface area contributed by atoms with Crippen LogP contribution in [0.15, 0.2) is 29.4 Å². The molecule has 0 fully saturated rings. The molecule has 16 heavy (non-hydrogen) atoms. The number of benzene rings is 1. The number of aromatic nitrogens is 4. The number of hydrogen-bond donors (Lipinski definition) is 1. The summed E-state index contributed by atoms with van der Waals surface area (Å²) < 4.78 is 14.0. The van der Waals surface area contributed by atoms with Crippen LogP contribution in [-0.4, -0.2) is 31.3 Å². The summed E-state index contributed by atoms with van der Waals surface area (Å²) in [6.45, 7) is 1.66. The van der Waals surface area contributed by atoms with Gasteiger partial charge in [-0.1, -0.05) is 5.16 Å². The Morgan fingerprint density at radius 1 is 1.38 bits per heavy atom. The van der Waals surface area contributed by atoms with E-state index in [1.807, 2.05) is 0 Å². The molecule has 82 valence electrons. The molecule has 0 radical (unpaired) electrons. The van der Waals surface area contributed by atoms with Gasteiger partial charge in [0.1, 0.15) is 5.82 Å². The lowest BCUT2D eigenvalue weighted by atomic mass is 10.2. The van der Waals surface area contributed by atoms with Crippen LogP contribution in [0.25, 0.3) is 0 Å². The van der Waals surface area contributed by atoms with Gasteiger partial charge in [0.05, 0.1) is 0 Å². The van der Waals surface area contributed by atoms with Crippen molar-refractivity contribution in [2.75, 3.05) is 0 Å². The maximum absolute atomic E-state index is 12.7. The molecule has 0 aliphatic carbocycles. The fraction of sp³-hybridized carbons (Fsp3) is 0.111. The minimum atomic E-state index is -0.366. The molecule has 0 saturated carbocycles. The zero-order chi connectivity index (χ0) is 11.5. The van der Waals surface area contributed by atoms with Crippen LogP contribution in [0.1, 0.15) is 11.4 Å². The summed E-state index contributed by atoms with van der Waals surface area (Å²) in [4.78, 5) is 0. The van der Waals surface area contributed by atoms with Gasteiger partial charge in [-0.2, -0.15) is 4.68 Å². The van der Waals surface area contributed by atoms with Crippen LogP contribution < -0.4 is 0 Å². The average Bonchev–Trinajstić information content (AvgIpc) is 2.69. The van der Waals surface area contributed by atoms with Crippen molar-refractivity contribution in [1.82, 2.24) is 20.2 Å². The first-order valence-electron chi connectivity index (χ1n) is 4.45. The van der Waals surface area contributed by atoms with Gasteiger partial charge in [-0.05, 0) is 41.6 Å². The summed E-state index contributed by atoms with van der Waals surface area (Å²) in [7, 11) is 0. The number of nitrogens with zero attached hydrogens (tertiary/aromatic N) is 5. The van der Waals surface area contributed by atoms with Crippen LogP contribution >= 0.6 is 0 Å². The molecule has 1 heterocycles. The predicted octanol–water partition coefficient (Wildman–Crippen LogP) is 0.805. The van der Waals surface area contributed by atoms with Crippen molar-refractivity contribution < 1.29 is 9.60 Å². The van der Waals surface area contributed by atoms with E-state index < -0.39 is 0 Å². The molecule has 0 unspecified atom stereocenters. The van der Waals surface area contributed by atoms with Gasteiger partial charge in [0, 0.05) is 5.56 Å². The molecule has 2 rings (SSSR count). The van der Waals surface area contributed by atoms with E-state index in [0.29, 0.717) is 11.4 Å². The second-order valence-corrected chi connectivity index (χ2v) is 3.07. The molecule has 0 aliphatic rings. The van der Waals surface area contributed by atoms with Crippen molar-refractivity contribution in [2.24, 2.45) is 5.16 Å². The number of rotatable bonds is 1. The van der Waals surface area contributed by atoms with E-state index in [1.54, 1.807) is 6.92 Å². The fourth-order valence-electron chi connectivity index (χ4n) is 1.25. The number of hydrogen-bond acceptors (Lipinski definition) is 5. The summed E-state index contributed by atoms with van der Waals surface area (Å²) in [6, 6.07) is 5.48. The smallest absolute Gasteiger partial charge is 0.203 e. The molecule has 0 spiro atoms. The Kier molecular flexibility index (Phi) is 2.59. The first-order valence-corrected chi connectivity index (χ1v) is 4.45. The predicted molar refractivity (Wildman–Crippen MR) is 52.7 cm³/mol. The van der Waals surface area contributed by atoms with Crippen LogP contribution in [0.4, 0.5) is 4.39 Å². The summed E-state index contributed by atoms with van der Waals surface area (Å²) in [5, 5.41) is 22.8. The highest BCUT2D eigenvalue weighted by Crippen LogP contribution is 2.06. The van der Waals surface area contributed by atoms with Crippen LogP contribution in [0.3, 0.4) is 0 Å². The van der Waals surface area contributed by atoms with Crippen molar-refractivity contribution in [3.63, 3.8) is 0 Å². The molecule has 1 N–H and O–H groups in total. The van der Waals surface area contributed by atoms with E-state index in [1.165, 1.54) is 28.9 Å². The van der Waals surface area contributed by atoms with Gasteiger partial charge in [-0.25, -0.2) is 4.39 Å². The third kappa shape index (κ3) is 1.74. The quantitative estimate of drug-likeness (QED) is 0.334. The third-order valence-electron chi connectivity index (χ3n) is 2.02. The van der Waals surface area contributed by atoms with Crippen molar-refractivity contribution in [3.05, 3.63) is 41.5 Å². The highest BCUT2D eigenvalue weighted by molar-refractivity contribution is 5.99. The van der Waals surface area contributed by atoms with Crippen LogP contribution in [0.2, 0.25) is 0 Å². The van der Waals surface area contributed by atoms with Gasteiger partial charge < -0.3 is 5.21 Å². The average molecular weight is 221 g/mol. The standard InChI is InChI=1S/C9H8FN5O/c1-6-11-13-14-15(6)9(12-16)7-2-4-8(10)5-3-7/h2-5,16H,1H3. The zero-order valence-electron chi connectivity index (χ0n) is 8.37. The minimum Gasteiger partial charge on any atom is -0.409 e. The molecule has 0 atom stereocenters. The minimum absolute atomic E-state index is 0.141.